The molecule has 0 saturated heterocycles. The molecule has 110 valence electrons. The number of carbonyl (C=O) groups excluding carboxylic acids is 1. The lowest BCUT2D eigenvalue weighted by atomic mass is 9.91. The summed E-state index contributed by atoms with van der Waals surface area (Å²) in [5, 5.41) is 3.06. The van der Waals surface area contributed by atoms with Gasteiger partial charge in [-0.15, -0.1) is 0 Å². The highest BCUT2D eigenvalue weighted by atomic mass is 16.1. The standard InChI is InChI=1S/C18H22N2O/c1-14-8-10-15(11-9-14)12-17(21)20-18(2,13-19)16-6-4-3-5-7-16/h3-11H,12-13,19H2,1-2H3,(H,20,21). The summed E-state index contributed by atoms with van der Waals surface area (Å²) in [6.45, 7) is 4.34. The van der Waals surface area contributed by atoms with Crippen molar-refractivity contribution in [2.75, 3.05) is 6.54 Å². The second-order valence-electron chi connectivity index (χ2n) is 5.61. The van der Waals surface area contributed by atoms with Gasteiger partial charge in [0.15, 0.2) is 0 Å². The van der Waals surface area contributed by atoms with Crippen molar-refractivity contribution in [1.82, 2.24) is 5.32 Å². The van der Waals surface area contributed by atoms with E-state index in [9.17, 15) is 4.79 Å². The Kier molecular flexibility index (Phi) is 4.76. The summed E-state index contributed by atoms with van der Waals surface area (Å²) in [7, 11) is 0. The van der Waals surface area contributed by atoms with Crippen molar-refractivity contribution in [3.63, 3.8) is 0 Å². The zero-order valence-electron chi connectivity index (χ0n) is 12.6. The second kappa shape index (κ2) is 6.55. The van der Waals surface area contributed by atoms with E-state index in [4.69, 9.17) is 5.73 Å². The molecule has 0 fully saturated rings. The summed E-state index contributed by atoms with van der Waals surface area (Å²) in [6.07, 6.45) is 0.364. The van der Waals surface area contributed by atoms with Gasteiger partial charge in [-0.05, 0) is 25.0 Å². The van der Waals surface area contributed by atoms with Crippen molar-refractivity contribution in [3.05, 3.63) is 71.3 Å². The molecule has 0 aliphatic rings. The van der Waals surface area contributed by atoms with Crippen LogP contribution in [0.1, 0.15) is 23.6 Å². The minimum absolute atomic E-state index is 0.0179. The lowest BCUT2D eigenvalue weighted by Gasteiger charge is -2.30. The summed E-state index contributed by atoms with van der Waals surface area (Å²) in [5.41, 5.74) is 8.56. The molecule has 0 spiro atoms. The number of hydrogen-bond acceptors (Lipinski definition) is 2. The van der Waals surface area contributed by atoms with E-state index in [0.717, 1.165) is 11.1 Å². The first-order valence-electron chi connectivity index (χ1n) is 7.16. The summed E-state index contributed by atoms with van der Waals surface area (Å²) in [4.78, 5) is 12.3. The summed E-state index contributed by atoms with van der Waals surface area (Å²) in [6, 6.07) is 17.8. The Balaban J connectivity index is 2.08. The maximum atomic E-state index is 12.3. The van der Waals surface area contributed by atoms with Gasteiger partial charge in [-0.25, -0.2) is 0 Å². The first-order chi connectivity index (χ1) is 10.0. The molecule has 0 aromatic heterocycles. The van der Waals surface area contributed by atoms with E-state index in [1.54, 1.807) is 0 Å². The molecule has 1 unspecified atom stereocenters. The van der Waals surface area contributed by atoms with E-state index in [1.165, 1.54) is 5.56 Å². The van der Waals surface area contributed by atoms with Crippen molar-refractivity contribution < 1.29 is 4.79 Å². The average Bonchev–Trinajstić information content (AvgIpc) is 2.50. The molecule has 3 N–H and O–H groups in total. The molecule has 0 saturated carbocycles. The van der Waals surface area contributed by atoms with Gasteiger partial charge in [0.05, 0.1) is 12.0 Å². The third-order valence-electron chi connectivity index (χ3n) is 3.72. The normalized spacial score (nSPS) is 13.5. The number of rotatable bonds is 5. The molecule has 1 amide bonds. The molecule has 2 aromatic rings. The summed E-state index contributed by atoms with van der Waals surface area (Å²) < 4.78 is 0. The second-order valence-corrected chi connectivity index (χ2v) is 5.61. The molecule has 1 atom stereocenters. The topological polar surface area (TPSA) is 55.1 Å². The van der Waals surface area contributed by atoms with Gasteiger partial charge in [-0.1, -0.05) is 60.2 Å². The fourth-order valence-electron chi connectivity index (χ4n) is 2.29. The van der Waals surface area contributed by atoms with E-state index in [2.05, 4.69) is 5.32 Å². The fraction of sp³-hybridized carbons (Fsp3) is 0.278. The molecule has 0 aliphatic heterocycles. The molecule has 0 radical (unpaired) electrons. The van der Waals surface area contributed by atoms with Gasteiger partial charge < -0.3 is 11.1 Å². The van der Waals surface area contributed by atoms with E-state index in [-0.39, 0.29) is 5.91 Å². The van der Waals surface area contributed by atoms with Gasteiger partial charge in [0.1, 0.15) is 0 Å². The van der Waals surface area contributed by atoms with Crippen LogP contribution in [0.2, 0.25) is 0 Å². The largest absolute Gasteiger partial charge is 0.345 e. The van der Waals surface area contributed by atoms with Crippen LogP contribution in [0.4, 0.5) is 0 Å². The van der Waals surface area contributed by atoms with E-state index < -0.39 is 5.54 Å². The molecular formula is C18H22N2O. The molecule has 3 nitrogen and oxygen atoms in total. The molecule has 2 aromatic carbocycles. The smallest absolute Gasteiger partial charge is 0.225 e. The summed E-state index contributed by atoms with van der Waals surface area (Å²) in [5.74, 6) is -0.0179. The highest BCUT2D eigenvalue weighted by molar-refractivity contribution is 5.79. The lowest BCUT2D eigenvalue weighted by molar-refractivity contribution is -0.122. The van der Waals surface area contributed by atoms with Crippen LogP contribution in [0.25, 0.3) is 0 Å². The SMILES string of the molecule is Cc1ccc(CC(=O)NC(C)(CN)c2ccccc2)cc1. The van der Waals surface area contributed by atoms with E-state index >= 15 is 0 Å². The minimum Gasteiger partial charge on any atom is -0.345 e. The van der Waals surface area contributed by atoms with Gasteiger partial charge in [0.2, 0.25) is 5.91 Å². The van der Waals surface area contributed by atoms with Crippen LogP contribution in [-0.2, 0) is 16.8 Å². The molecule has 2 rings (SSSR count). The first-order valence-corrected chi connectivity index (χ1v) is 7.16. The third-order valence-corrected chi connectivity index (χ3v) is 3.72. The highest BCUT2D eigenvalue weighted by Gasteiger charge is 2.26. The van der Waals surface area contributed by atoms with E-state index in [1.807, 2.05) is 68.4 Å². The zero-order chi connectivity index (χ0) is 15.3. The minimum atomic E-state index is -0.539. The van der Waals surface area contributed by atoms with Crippen molar-refractivity contribution in [2.45, 2.75) is 25.8 Å². The fourth-order valence-corrected chi connectivity index (χ4v) is 2.29. The van der Waals surface area contributed by atoms with Crippen LogP contribution in [0, 0.1) is 6.92 Å². The molecule has 0 bridgehead atoms. The Labute approximate surface area is 126 Å². The number of aryl methyl sites for hydroxylation is 1. The van der Waals surface area contributed by atoms with Gasteiger partial charge in [-0.3, -0.25) is 4.79 Å². The Morgan fingerprint density at radius 2 is 1.71 bits per heavy atom. The number of amides is 1. The molecule has 0 aliphatic carbocycles. The zero-order valence-corrected chi connectivity index (χ0v) is 12.6. The number of nitrogens with two attached hydrogens (primary N) is 1. The average molecular weight is 282 g/mol. The maximum absolute atomic E-state index is 12.3. The first kappa shape index (κ1) is 15.3. The number of hydrogen-bond donors (Lipinski definition) is 2. The number of nitrogens with one attached hydrogen (secondary N) is 1. The number of benzene rings is 2. The van der Waals surface area contributed by atoms with Crippen molar-refractivity contribution in [3.8, 4) is 0 Å². The quantitative estimate of drug-likeness (QED) is 0.885. The highest BCUT2D eigenvalue weighted by Crippen LogP contribution is 2.19. The lowest BCUT2D eigenvalue weighted by Crippen LogP contribution is -2.49. The van der Waals surface area contributed by atoms with Crippen LogP contribution in [0.3, 0.4) is 0 Å². The van der Waals surface area contributed by atoms with Crippen LogP contribution in [-0.4, -0.2) is 12.5 Å². The van der Waals surface area contributed by atoms with Crippen LogP contribution < -0.4 is 11.1 Å². The van der Waals surface area contributed by atoms with Crippen LogP contribution in [0.15, 0.2) is 54.6 Å². The maximum Gasteiger partial charge on any atom is 0.225 e. The number of carbonyl (C=O) groups is 1. The van der Waals surface area contributed by atoms with Crippen LogP contribution >= 0.6 is 0 Å². The molecular weight excluding hydrogens is 260 g/mol. The third kappa shape index (κ3) is 3.92. The van der Waals surface area contributed by atoms with Gasteiger partial charge in [-0.2, -0.15) is 0 Å². The van der Waals surface area contributed by atoms with Crippen molar-refractivity contribution in [2.24, 2.45) is 5.73 Å². The molecule has 0 heterocycles. The Bertz CT molecular complexity index is 592. The van der Waals surface area contributed by atoms with Gasteiger partial charge >= 0.3 is 0 Å². The van der Waals surface area contributed by atoms with E-state index in [0.29, 0.717) is 13.0 Å². The molecule has 21 heavy (non-hydrogen) atoms. The monoisotopic (exact) mass is 282 g/mol. The van der Waals surface area contributed by atoms with Crippen molar-refractivity contribution >= 4 is 5.91 Å². The van der Waals surface area contributed by atoms with Crippen LogP contribution in [0.5, 0.6) is 0 Å². The predicted molar refractivity (Wildman–Crippen MR) is 85.9 cm³/mol. The predicted octanol–water partition coefficient (Wildman–Crippen LogP) is 2.53. The summed E-state index contributed by atoms with van der Waals surface area (Å²) >= 11 is 0. The molecule has 3 heteroatoms. The van der Waals surface area contributed by atoms with Gasteiger partial charge in [0, 0.05) is 6.54 Å². The van der Waals surface area contributed by atoms with Gasteiger partial charge in [0.25, 0.3) is 0 Å². The Morgan fingerprint density at radius 1 is 1.10 bits per heavy atom. The Hall–Kier alpha value is -2.13. The Morgan fingerprint density at radius 3 is 2.29 bits per heavy atom. The van der Waals surface area contributed by atoms with Crippen molar-refractivity contribution in [1.29, 1.82) is 0 Å².